The van der Waals surface area contributed by atoms with Crippen LogP contribution < -0.4 is 0 Å². The number of aliphatic carboxylic acids is 1. The highest BCUT2D eigenvalue weighted by Crippen LogP contribution is 2.38. The number of carbonyl (C=O) groups is 1. The summed E-state index contributed by atoms with van der Waals surface area (Å²) in [5, 5.41) is 31.3. The average molecular weight is 294 g/mol. The first-order valence-electron chi connectivity index (χ1n) is 5.93. The van der Waals surface area contributed by atoms with Crippen molar-refractivity contribution >= 4 is 23.4 Å². The van der Waals surface area contributed by atoms with Gasteiger partial charge in [-0.05, 0) is 33.8 Å². The number of hydrogen-bond acceptors (Lipinski definition) is 5. The molecule has 0 aliphatic heterocycles. The molecule has 0 saturated carbocycles. The van der Waals surface area contributed by atoms with E-state index in [-0.39, 0.29) is 39.2 Å². The summed E-state index contributed by atoms with van der Waals surface area (Å²) in [6.45, 7) is 5.49. The first-order valence-corrected chi connectivity index (χ1v) is 5.93. The molecule has 1 aromatic carbocycles. The van der Waals surface area contributed by atoms with Crippen LogP contribution in [-0.4, -0.2) is 20.9 Å². The summed E-state index contributed by atoms with van der Waals surface area (Å²) >= 11 is 0. The zero-order valence-corrected chi connectivity index (χ0v) is 12.0. The lowest BCUT2D eigenvalue weighted by molar-refractivity contribution is -0.390. The number of rotatable bonds is 4. The minimum absolute atomic E-state index is 0.0466. The van der Waals surface area contributed by atoms with E-state index in [1.165, 1.54) is 27.7 Å². The molecule has 0 fully saturated rings. The summed E-state index contributed by atoms with van der Waals surface area (Å²) in [5.74, 6) is -1.25. The molecule has 0 aliphatic carbocycles. The van der Waals surface area contributed by atoms with Gasteiger partial charge in [-0.25, -0.2) is 4.79 Å². The van der Waals surface area contributed by atoms with Gasteiger partial charge in [0.25, 0.3) is 11.4 Å². The predicted octanol–water partition coefficient (Wildman–Crippen LogP) is 2.92. The van der Waals surface area contributed by atoms with Crippen molar-refractivity contribution in [3.8, 4) is 0 Å². The Labute approximate surface area is 120 Å². The molecular weight excluding hydrogens is 280 g/mol. The van der Waals surface area contributed by atoms with Crippen LogP contribution in [0.2, 0.25) is 0 Å². The Morgan fingerprint density at radius 1 is 1.00 bits per heavy atom. The second-order valence-electron chi connectivity index (χ2n) is 4.63. The lowest BCUT2D eigenvalue weighted by Crippen LogP contribution is -2.06. The van der Waals surface area contributed by atoms with E-state index in [4.69, 9.17) is 5.11 Å². The molecule has 1 rings (SSSR count). The van der Waals surface area contributed by atoms with Crippen molar-refractivity contribution in [1.82, 2.24) is 0 Å². The molecule has 0 heterocycles. The van der Waals surface area contributed by atoms with Crippen molar-refractivity contribution in [3.05, 3.63) is 48.1 Å². The number of nitro groups is 2. The fourth-order valence-corrected chi connectivity index (χ4v) is 2.11. The molecule has 0 aromatic heterocycles. The van der Waals surface area contributed by atoms with Crippen LogP contribution in [0, 0.1) is 41.0 Å². The quantitative estimate of drug-likeness (QED) is 0.517. The fraction of sp³-hybridized carbons (Fsp3) is 0.308. The molecule has 0 spiro atoms. The molecule has 1 N–H and O–H groups in total. The summed E-state index contributed by atoms with van der Waals surface area (Å²) in [5.41, 5.74) is -0.293. The maximum atomic E-state index is 11.2. The van der Waals surface area contributed by atoms with Gasteiger partial charge in [-0.3, -0.25) is 20.2 Å². The third kappa shape index (κ3) is 2.88. The van der Waals surface area contributed by atoms with Crippen LogP contribution in [0.25, 0.3) is 6.08 Å². The van der Waals surface area contributed by atoms with E-state index in [1.807, 2.05) is 0 Å². The Kier molecular flexibility index (Phi) is 4.42. The monoisotopic (exact) mass is 294 g/mol. The molecule has 0 radical (unpaired) electrons. The fourth-order valence-electron chi connectivity index (χ4n) is 2.11. The molecule has 0 aliphatic rings. The Hall–Kier alpha value is -2.77. The number of benzene rings is 1. The van der Waals surface area contributed by atoms with Crippen molar-refractivity contribution < 1.29 is 19.7 Å². The summed E-state index contributed by atoms with van der Waals surface area (Å²) in [6, 6.07) is 0. The Bertz CT molecular complexity index is 691. The van der Waals surface area contributed by atoms with Crippen molar-refractivity contribution in [1.29, 1.82) is 0 Å². The van der Waals surface area contributed by atoms with Gasteiger partial charge in [0.05, 0.1) is 15.4 Å². The standard InChI is InChI=1S/C13H14N2O6/c1-6(13(16)17)5-10-9(4)11(14(18)19)7(2)8(3)12(10)15(20)21/h5H,1-4H3,(H,16,17)/b6-5-. The van der Waals surface area contributed by atoms with Crippen LogP contribution in [0.5, 0.6) is 0 Å². The maximum absolute atomic E-state index is 11.2. The van der Waals surface area contributed by atoms with E-state index in [0.29, 0.717) is 0 Å². The first kappa shape index (κ1) is 16.3. The minimum Gasteiger partial charge on any atom is -0.478 e. The molecule has 21 heavy (non-hydrogen) atoms. The zero-order chi connectivity index (χ0) is 16.5. The highest BCUT2D eigenvalue weighted by atomic mass is 16.6. The van der Waals surface area contributed by atoms with E-state index in [0.717, 1.165) is 6.08 Å². The molecule has 0 bridgehead atoms. The van der Waals surface area contributed by atoms with E-state index in [1.54, 1.807) is 0 Å². The van der Waals surface area contributed by atoms with Gasteiger partial charge in [0.2, 0.25) is 0 Å². The number of hydrogen-bond donors (Lipinski definition) is 1. The third-order valence-corrected chi connectivity index (χ3v) is 3.35. The summed E-state index contributed by atoms with van der Waals surface area (Å²) in [7, 11) is 0. The van der Waals surface area contributed by atoms with Crippen molar-refractivity contribution in [2.45, 2.75) is 27.7 Å². The Morgan fingerprint density at radius 3 is 1.81 bits per heavy atom. The molecule has 1 aromatic rings. The van der Waals surface area contributed by atoms with Gasteiger partial charge in [0.15, 0.2) is 0 Å². The molecule has 0 unspecified atom stereocenters. The molecule has 112 valence electrons. The number of carboxylic acids is 1. The highest BCUT2D eigenvalue weighted by molar-refractivity contribution is 5.93. The van der Waals surface area contributed by atoms with Gasteiger partial charge in [0, 0.05) is 22.3 Å². The lowest BCUT2D eigenvalue weighted by Gasteiger charge is -2.10. The number of carboxylic acid groups (broad SMARTS) is 1. The zero-order valence-electron chi connectivity index (χ0n) is 12.0. The van der Waals surface area contributed by atoms with Crippen LogP contribution >= 0.6 is 0 Å². The average Bonchev–Trinajstić information content (AvgIpc) is 2.34. The number of nitrogens with zero attached hydrogens (tertiary/aromatic N) is 2. The lowest BCUT2D eigenvalue weighted by atomic mass is 9.94. The van der Waals surface area contributed by atoms with Gasteiger partial charge >= 0.3 is 5.97 Å². The van der Waals surface area contributed by atoms with Crippen molar-refractivity contribution in [2.24, 2.45) is 0 Å². The molecule has 0 saturated heterocycles. The van der Waals surface area contributed by atoms with Gasteiger partial charge in [-0.1, -0.05) is 0 Å². The van der Waals surface area contributed by atoms with E-state index in [2.05, 4.69) is 0 Å². The topological polar surface area (TPSA) is 124 Å². The van der Waals surface area contributed by atoms with Gasteiger partial charge in [-0.15, -0.1) is 0 Å². The second kappa shape index (κ2) is 5.70. The molecule has 8 nitrogen and oxygen atoms in total. The normalized spacial score (nSPS) is 11.3. The van der Waals surface area contributed by atoms with Gasteiger partial charge < -0.3 is 5.11 Å². The van der Waals surface area contributed by atoms with E-state index < -0.39 is 15.8 Å². The van der Waals surface area contributed by atoms with E-state index in [9.17, 15) is 25.0 Å². The number of nitro benzene ring substituents is 2. The first-order chi connectivity index (χ1) is 9.59. The van der Waals surface area contributed by atoms with Crippen molar-refractivity contribution in [2.75, 3.05) is 0 Å². The Morgan fingerprint density at radius 2 is 1.43 bits per heavy atom. The molecule has 8 heteroatoms. The van der Waals surface area contributed by atoms with Crippen LogP contribution in [-0.2, 0) is 4.79 Å². The summed E-state index contributed by atoms with van der Waals surface area (Å²) in [4.78, 5) is 32.0. The molecule has 0 amide bonds. The van der Waals surface area contributed by atoms with Crippen LogP contribution in [0.1, 0.15) is 29.2 Å². The summed E-state index contributed by atoms with van der Waals surface area (Å²) in [6.07, 6.45) is 1.09. The molecule has 0 atom stereocenters. The minimum atomic E-state index is -1.25. The van der Waals surface area contributed by atoms with Crippen LogP contribution in [0.3, 0.4) is 0 Å². The largest absolute Gasteiger partial charge is 0.478 e. The van der Waals surface area contributed by atoms with Crippen molar-refractivity contribution in [3.63, 3.8) is 0 Å². The SMILES string of the molecule is C/C(=C/c1c(C)c([N+](=O)[O-])c(C)c(C)c1[N+](=O)[O-])C(=O)O. The highest BCUT2D eigenvalue weighted by Gasteiger charge is 2.29. The smallest absolute Gasteiger partial charge is 0.331 e. The van der Waals surface area contributed by atoms with Crippen LogP contribution in [0.4, 0.5) is 11.4 Å². The second-order valence-corrected chi connectivity index (χ2v) is 4.63. The maximum Gasteiger partial charge on any atom is 0.331 e. The molecular formula is C13H14N2O6. The van der Waals surface area contributed by atoms with Crippen LogP contribution in [0.15, 0.2) is 5.57 Å². The Balaban J connectivity index is 3.91. The van der Waals surface area contributed by atoms with E-state index >= 15 is 0 Å². The predicted molar refractivity (Wildman–Crippen MR) is 75.2 cm³/mol. The summed E-state index contributed by atoms with van der Waals surface area (Å²) < 4.78 is 0. The van der Waals surface area contributed by atoms with Gasteiger partial charge in [0.1, 0.15) is 0 Å². The van der Waals surface area contributed by atoms with Gasteiger partial charge in [-0.2, -0.15) is 0 Å². The third-order valence-electron chi connectivity index (χ3n) is 3.35.